The smallest absolute Gasteiger partial charge is 0.407 e. The fourth-order valence-corrected chi connectivity index (χ4v) is 1.52. The molecular formula is C10H9F2NO3. The quantitative estimate of drug-likeness (QED) is 0.863. The molecule has 1 aromatic carbocycles. The van der Waals surface area contributed by atoms with Crippen LogP contribution in [0.5, 0.6) is 5.75 Å². The first kappa shape index (κ1) is 10.7. The molecule has 86 valence electrons. The number of nitrogens with one attached hydrogen (secondary N) is 1. The van der Waals surface area contributed by atoms with Gasteiger partial charge >= 0.3 is 12.7 Å². The Morgan fingerprint density at radius 2 is 2.19 bits per heavy atom. The van der Waals surface area contributed by atoms with Gasteiger partial charge in [-0.15, -0.1) is 0 Å². The van der Waals surface area contributed by atoms with Crippen molar-refractivity contribution < 1.29 is 23.0 Å². The van der Waals surface area contributed by atoms with Crippen molar-refractivity contribution in [2.24, 2.45) is 0 Å². The minimum Gasteiger partial charge on any atom is -0.447 e. The molecule has 0 unspecified atom stereocenters. The van der Waals surface area contributed by atoms with Gasteiger partial charge in [-0.25, -0.2) is 4.79 Å². The molecule has 1 atom stereocenters. The number of alkyl carbamates (subject to hydrolysis) is 1. The fourth-order valence-electron chi connectivity index (χ4n) is 1.52. The lowest BCUT2D eigenvalue weighted by atomic mass is 10.1. The SMILES string of the molecule is O=C1N[C@@H](c2ccccc2OC(F)F)CO1. The van der Waals surface area contributed by atoms with Crippen LogP contribution in [-0.4, -0.2) is 19.3 Å². The molecule has 1 fully saturated rings. The molecule has 16 heavy (non-hydrogen) atoms. The minimum absolute atomic E-state index is 0.0494. The van der Waals surface area contributed by atoms with Crippen LogP contribution in [0.15, 0.2) is 24.3 Å². The van der Waals surface area contributed by atoms with E-state index >= 15 is 0 Å². The molecule has 1 aliphatic heterocycles. The monoisotopic (exact) mass is 229 g/mol. The van der Waals surface area contributed by atoms with Crippen LogP contribution in [0.4, 0.5) is 13.6 Å². The zero-order valence-electron chi connectivity index (χ0n) is 8.15. The summed E-state index contributed by atoms with van der Waals surface area (Å²) in [5.74, 6) is 0.0494. The molecule has 1 saturated heterocycles. The van der Waals surface area contributed by atoms with Crippen LogP contribution in [0.25, 0.3) is 0 Å². The summed E-state index contributed by atoms with van der Waals surface area (Å²) in [6, 6.07) is 5.85. The van der Waals surface area contributed by atoms with Crippen LogP contribution >= 0.6 is 0 Å². The van der Waals surface area contributed by atoms with Crippen molar-refractivity contribution in [2.75, 3.05) is 6.61 Å². The van der Waals surface area contributed by atoms with Gasteiger partial charge in [0.2, 0.25) is 0 Å². The van der Waals surface area contributed by atoms with E-state index in [2.05, 4.69) is 14.8 Å². The van der Waals surface area contributed by atoms with Crippen molar-refractivity contribution in [1.29, 1.82) is 0 Å². The maximum atomic E-state index is 12.1. The van der Waals surface area contributed by atoms with Crippen molar-refractivity contribution in [2.45, 2.75) is 12.7 Å². The summed E-state index contributed by atoms with van der Waals surface area (Å²) in [6.07, 6.45) is -0.558. The highest BCUT2D eigenvalue weighted by molar-refractivity contribution is 5.70. The number of hydrogen-bond acceptors (Lipinski definition) is 3. The lowest BCUT2D eigenvalue weighted by molar-refractivity contribution is -0.0507. The Morgan fingerprint density at radius 3 is 2.81 bits per heavy atom. The summed E-state index contributed by atoms with van der Waals surface area (Å²) >= 11 is 0. The number of alkyl halides is 2. The molecule has 1 N–H and O–H groups in total. The molecule has 1 aromatic rings. The van der Waals surface area contributed by atoms with Gasteiger partial charge in [0.25, 0.3) is 0 Å². The first-order chi connectivity index (χ1) is 7.66. The fraction of sp³-hybridized carbons (Fsp3) is 0.300. The predicted molar refractivity (Wildman–Crippen MR) is 50.3 cm³/mol. The topological polar surface area (TPSA) is 47.6 Å². The second kappa shape index (κ2) is 4.34. The highest BCUT2D eigenvalue weighted by Crippen LogP contribution is 2.28. The third-order valence-electron chi connectivity index (χ3n) is 2.18. The number of rotatable bonds is 3. The van der Waals surface area contributed by atoms with Crippen LogP contribution in [0.1, 0.15) is 11.6 Å². The second-order valence-electron chi connectivity index (χ2n) is 3.21. The molecule has 0 aliphatic carbocycles. The first-order valence-electron chi connectivity index (χ1n) is 4.64. The summed E-state index contributed by atoms with van der Waals surface area (Å²) in [5, 5.41) is 2.50. The van der Waals surface area contributed by atoms with Gasteiger partial charge < -0.3 is 14.8 Å². The molecule has 0 saturated carbocycles. The van der Waals surface area contributed by atoms with Crippen molar-refractivity contribution in [1.82, 2.24) is 5.32 Å². The van der Waals surface area contributed by atoms with E-state index in [0.29, 0.717) is 5.56 Å². The van der Waals surface area contributed by atoms with Crippen LogP contribution < -0.4 is 10.1 Å². The number of ether oxygens (including phenoxy) is 2. The molecule has 6 heteroatoms. The van der Waals surface area contributed by atoms with E-state index in [0.717, 1.165) is 0 Å². The van der Waals surface area contributed by atoms with Gasteiger partial charge in [-0.1, -0.05) is 18.2 Å². The summed E-state index contributed by atoms with van der Waals surface area (Å²) in [6.45, 7) is -2.78. The highest BCUT2D eigenvalue weighted by Gasteiger charge is 2.26. The van der Waals surface area contributed by atoms with E-state index < -0.39 is 18.7 Å². The molecule has 0 aromatic heterocycles. The molecule has 0 bridgehead atoms. The molecule has 1 heterocycles. The molecule has 1 amide bonds. The Bertz CT molecular complexity index is 397. The van der Waals surface area contributed by atoms with Crippen LogP contribution in [-0.2, 0) is 4.74 Å². The van der Waals surface area contributed by atoms with Gasteiger partial charge in [0.15, 0.2) is 0 Å². The summed E-state index contributed by atoms with van der Waals surface area (Å²) in [7, 11) is 0. The minimum atomic E-state index is -2.89. The number of halogens is 2. The standard InChI is InChI=1S/C10H9F2NO3/c11-9(12)16-8-4-2-1-3-6(8)7-5-15-10(14)13-7/h1-4,7,9H,5H2,(H,13,14)/t7-/m1/s1. The Balaban J connectivity index is 2.22. The largest absolute Gasteiger partial charge is 0.447 e. The van der Waals surface area contributed by atoms with E-state index in [-0.39, 0.29) is 12.4 Å². The van der Waals surface area contributed by atoms with Crippen LogP contribution in [0.3, 0.4) is 0 Å². The van der Waals surface area contributed by atoms with Crippen LogP contribution in [0, 0.1) is 0 Å². The van der Waals surface area contributed by atoms with Gasteiger partial charge in [-0.3, -0.25) is 0 Å². The van der Waals surface area contributed by atoms with Crippen molar-refractivity contribution in [3.05, 3.63) is 29.8 Å². The maximum Gasteiger partial charge on any atom is 0.407 e. The lowest BCUT2D eigenvalue weighted by Crippen LogP contribution is -2.19. The average Bonchev–Trinajstić information content (AvgIpc) is 2.65. The van der Waals surface area contributed by atoms with E-state index in [1.807, 2.05) is 0 Å². The Morgan fingerprint density at radius 1 is 1.44 bits per heavy atom. The third kappa shape index (κ3) is 2.21. The molecule has 2 rings (SSSR count). The normalized spacial score (nSPS) is 19.4. The van der Waals surface area contributed by atoms with Gasteiger partial charge in [0.1, 0.15) is 12.4 Å². The lowest BCUT2D eigenvalue weighted by Gasteiger charge is -2.13. The van der Waals surface area contributed by atoms with Crippen molar-refractivity contribution in [3.63, 3.8) is 0 Å². The number of para-hydroxylation sites is 1. The number of amides is 1. The summed E-state index contributed by atoms with van der Waals surface area (Å²) < 4.78 is 33.3. The Kier molecular flexibility index (Phi) is 2.89. The second-order valence-corrected chi connectivity index (χ2v) is 3.21. The van der Waals surface area contributed by atoms with E-state index in [1.165, 1.54) is 6.07 Å². The summed E-state index contributed by atoms with van der Waals surface area (Å²) in [5.41, 5.74) is 0.480. The Labute approximate surface area is 90.2 Å². The summed E-state index contributed by atoms with van der Waals surface area (Å²) in [4.78, 5) is 10.8. The van der Waals surface area contributed by atoms with Gasteiger partial charge in [0.05, 0.1) is 6.04 Å². The number of carbonyl (C=O) groups is 1. The number of cyclic esters (lactones) is 1. The van der Waals surface area contributed by atoms with E-state index in [4.69, 9.17) is 0 Å². The number of hydrogen-bond donors (Lipinski definition) is 1. The van der Waals surface area contributed by atoms with Gasteiger partial charge in [-0.2, -0.15) is 8.78 Å². The number of carbonyl (C=O) groups excluding carboxylic acids is 1. The van der Waals surface area contributed by atoms with Gasteiger partial charge in [-0.05, 0) is 6.07 Å². The molecular weight excluding hydrogens is 220 g/mol. The maximum absolute atomic E-state index is 12.1. The zero-order chi connectivity index (χ0) is 11.5. The average molecular weight is 229 g/mol. The van der Waals surface area contributed by atoms with E-state index in [1.54, 1.807) is 18.2 Å². The molecule has 1 aliphatic rings. The van der Waals surface area contributed by atoms with Crippen LogP contribution in [0.2, 0.25) is 0 Å². The first-order valence-corrected chi connectivity index (χ1v) is 4.64. The Hall–Kier alpha value is -1.85. The van der Waals surface area contributed by atoms with Gasteiger partial charge in [0, 0.05) is 5.56 Å². The molecule has 0 spiro atoms. The number of benzene rings is 1. The van der Waals surface area contributed by atoms with Crippen molar-refractivity contribution >= 4 is 6.09 Å². The zero-order valence-corrected chi connectivity index (χ0v) is 8.15. The predicted octanol–water partition coefficient (Wildman–Crippen LogP) is 2.07. The van der Waals surface area contributed by atoms with Crippen molar-refractivity contribution in [3.8, 4) is 5.75 Å². The van der Waals surface area contributed by atoms with E-state index in [9.17, 15) is 13.6 Å². The highest BCUT2D eigenvalue weighted by atomic mass is 19.3. The molecule has 4 nitrogen and oxygen atoms in total. The molecule has 0 radical (unpaired) electrons. The third-order valence-corrected chi connectivity index (χ3v) is 2.18.